The average Bonchev–Trinajstić information content (AvgIpc) is 3.83. The molecule has 10 aromatic carbocycles. The Morgan fingerprint density at radius 3 is 1.56 bits per heavy atom. The molecular formula is C61H43NS. The lowest BCUT2D eigenvalue weighted by Gasteiger charge is -2.28. The number of fused-ring (bicyclic) bond motifs is 7. The molecule has 0 unspecified atom stereocenters. The lowest BCUT2D eigenvalue weighted by molar-refractivity contribution is 0.660. The molecule has 0 amide bonds. The maximum atomic E-state index is 2.43. The van der Waals surface area contributed by atoms with E-state index >= 15 is 0 Å². The lowest BCUT2D eigenvalue weighted by Crippen LogP contribution is -2.16. The second-order valence-electron chi connectivity index (χ2n) is 17.3. The number of thiophene rings is 1. The highest BCUT2D eigenvalue weighted by Gasteiger charge is 2.36. The van der Waals surface area contributed by atoms with Gasteiger partial charge >= 0.3 is 0 Å². The molecule has 2 heteroatoms. The van der Waals surface area contributed by atoms with Crippen LogP contribution in [-0.2, 0) is 5.41 Å². The largest absolute Gasteiger partial charge is 0.310 e. The number of anilines is 3. The topological polar surface area (TPSA) is 3.24 Å². The lowest BCUT2D eigenvalue weighted by atomic mass is 9.81. The summed E-state index contributed by atoms with van der Waals surface area (Å²) in [5.41, 5.74) is 18.4. The van der Waals surface area contributed by atoms with Crippen molar-refractivity contribution in [2.24, 2.45) is 0 Å². The zero-order chi connectivity index (χ0) is 42.1. The first kappa shape index (κ1) is 37.3. The highest BCUT2D eigenvalue weighted by atomic mass is 32.1. The Morgan fingerprint density at radius 2 is 0.810 bits per heavy atom. The van der Waals surface area contributed by atoms with E-state index in [0.29, 0.717) is 0 Å². The average molecular weight is 822 g/mol. The Kier molecular flexibility index (Phi) is 8.77. The first-order valence-electron chi connectivity index (χ1n) is 21.8. The minimum absolute atomic E-state index is 0.172. The Labute approximate surface area is 372 Å². The Morgan fingerprint density at radius 1 is 0.317 bits per heavy atom. The van der Waals surface area contributed by atoms with Crippen molar-refractivity contribution in [1.29, 1.82) is 0 Å². The van der Waals surface area contributed by atoms with Gasteiger partial charge in [-0.3, -0.25) is 0 Å². The molecule has 63 heavy (non-hydrogen) atoms. The standard InChI is InChI=1S/C61H43NS/c1-61(2)57-38-47(40-11-4-3-5-12-40)27-34-53(57)54-35-33-50(39-58(54)61)62(49-31-25-45(26-32-49)52-17-10-14-44-13-6-7-15-51(44)52)48-29-23-42(24-30-48)41-19-21-43(22-20-41)46-28-36-60-56(37-46)55-16-8-9-18-59(55)63-60/h3-39H,1-2H3. The highest BCUT2D eigenvalue weighted by Crippen LogP contribution is 2.52. The van der Waals surface area contributed by atoms with Crippen molar-refractivity contribution in [3.05, 3.63) is 236 Å². The maximum Gasteiger partial charge on any atom is 0.0465 e. The molecule has 0 saturated heterocycles. The van der Waals surface area contributed by atoms with Crippen LogP contribution in [0.3, 0.4) is 0 Å². The Balaban J connectivity index is 0.907. The summed E-state index contributed by atoms with van der Waals surface area (Å²) in [5.74, 6) is 0. The summed E-state index contributed by atoms with van der Waals surface area (Å²) in [6, 6.07) is 82.8. The minimum Gasteiger partial charge on any atom is -0.310 e. The molecule has 0 fully saturated rings. The first-order chi connectivity index (χ1) is 31.0. The van der Waals surface area contributed by atoms with Crippen molar-refractivity contribution in [2.75, 3.05) is 4.90 Å². The van der Waals surface area contributed by atoms with Crippen LogP contribution in [0.1, 0.15) is 25.0 Å². The molecule has 1 nitrogen and oxygen atoms in total. The second kappa shape index (κ2) is 14.8. The fourth-order valence-electron chi connectivity index (χ4n) is 9.95. The van der Waals surface area contributed by atoms with Gasteiger partial charge in [0.1, 0.15) is 0 Å². The van der Waals surface area contributed by atoms with E-state index in [2.05, 4.69) is 243 Å². The molecule has 298 valence electrons. The van der Waals surface area contributed by atoms with Crippen LogP contribution >= 0.6 is 11.3 Å². The minimum atomic E-state index is -0.172. The molecule has 1 aliphatic carbocycles. The van der Waals surface area contributed by atoms with Crippen LogP contribution in [0.5, 0.6) is 0 Å². The molecular weight excluding hydrogens is 779 g/mol. The Hall–Kier alpha value is -7.52. The fraction of sp³-hybridized carbons (Fsp3) is 0.0492. The smallest absolute Gasteiger partial charge is 0.0465 e. The third-order valence-electron chi connectivity index (χ3n) is 13.3. The van der Waals surface area contributed by atoms with E-state index in [1.165, 1.54) is 97.7 Å². The molecule has 0 atom stereocenters. The van der Waals surface area contributed by atoms with Crippen molar-refractivity contribution in [1.82, 2.24) is 0 Å². The number of nitrogens with zero attached hydrogens (tertiary/aromatic N) is 1. The molecule has 0 saturated carbocycles. The summed E-state index contributed by atoms with van der Waals surface area (Å²) < 4.78 is 2.67. The van der Waals surface area contributed by atoms with Gasteiger partial charge in [-0.05, 0) is 138 Å². The number of benzene rings is 10. The van der Waals surface area contributed by atoms with E-state index in [1.807, 2.05) is 11.3 Å². The van der Waals surface area contributed by atoms with Gasteiger partial charge in [-0.25, -0.2) is 0 Å². The summed E-state index contributed by atoms with van der Waals surface area (Å²) >= 11 is 1.86. The van der Waals surface area contributed by atoms with Crippen LogP contribution < -0.4 is 4.90 Å². The van der Waals surface area contributed by atoms with Crippen molar-refractivity contribution in [3.63, 3.8) is 0 Å². The first-order valence-corrected chi connectivity index (χ1v) is 22.6. The molecule has 0 N–H and O–H groups in total. The molecule has 1 aliphatic rings. The second-order valence-corrected chi connectivity index (χ2v) is 18.4. The summed E-state index contributed by atoms with van der Waals surface area (Å²) in [6.07, 6.45) is 0. The van der Waals surface area contributed by atoms with Gasteiger partial charge in [0, 0.05) is 42.6 Å². The third kappa shape index (κ3) is 6.37. The predicted molar refractivity (Wildman–Crippen MR) is 271 cm³/mol. The van der Waals surface area contributed by atoms with Crippen LogP contribution in [-0.4, -0.2) is 0 Å². The molecule has 1 aromatic heterocycles. The number of rotatable bonds is 7. The third-order valence-corrected chi connectivity index (χ3v) is 14.5. The highest BCUT2D eigenvalue weighted by molar-refractivity contribution is 7.25. The fourth-order valence-corrected chi connectivity index (χ4v) is 11.0. The summed E-state index contributed by atoms with van der Waals surface area (Å²) in [4.78, 5) is 2.42. The summed E-state index contributed by atoms with van der Waals surface area (Å²) in [5, 5.41) is 5.18. The maximum absolute atomic E-state index is 2.43. The van der Waals surface area contributed by atoms with Crippen LogP contribution in [0.2, 0.25) is 0 Å². The van der Waals surface area contributed by atoms with Gasteiger partial charge in [-0.2, -0.15) is 0 Å². The van der Waals surface area contributed by atoms with Gasteiger partial charge in [-0.1, -0.05) is 178 Å². The molecule has 0 aliphatic heterocycles. The van der Waals surface area contributed by atoms with Crippen molar-refractivity contribution >= 4 is 59.3 Å². The SMILES string of the molecule is CC1(C)c2cc(-c3ccccc3)ccc2-c2ccc(N(c3ccc(-c4ccc(-c5ccc6sc7ccccc7c6c5)cc4)cc3)c3ccc(-c4cccc5ccccc45)cc3)cc21. The van der Waals surface area contributed by atoms with Crippen molar-refractivity contribution < 1.29 is 0 Å². The molecule has 1 heterocycles. The zero-order valence-corrected chi connectivity index (χ0v) is 36.0. The Bertz CT molecular complexity index is 3500. The van der Waals surface area contributed by atoms with Crippen LogP contribution in [0.4, 0.5) is 17.1 Å². The zero-order valence-electron chi connectivity index (χ0n) is 35.2. The van der Waals surface area contributed by atoms with Crippen LogP contribution in [0, 0.1) is 0 Å². The van der Waals surface area contributed by atoms with E-state index in [1.54, 1.807) is 0 Å². The quantitative estimate of drug-likeness (QED) is 0.155. The monoisotopic (exact) mass is 821 g/mol. The number of hydrogen-bond acceptors (Lipinski definition) is 2. The molecule has 12 rings (SSSR count). The normalized spacial score (nSPS) is 12.7. The van der Waals surface area contributed by atoms with E-state index in [9.17, 15) is 0 Å². The van der Waals surface area contributed by atoms with E-state index in [4.69, 9.17) is 0 Å². The molecule has 0 radical (unpaired) electrons. The summed E-state index contributed by atoms with van der Waals surface area (Å²) in [7, 11) is 0. The molecule has 0 bridgehead atoms. The van der Waals surface area contributed by atoms with Gasteiger partial charge in [-0.15, -0.1) is 11.3 Å². The van der Waals surface area contributed by atoms with E-state index < -0.39 is 0 Å². The van der Waals surface area contributed by atoms with Gasteiger partial charge in [0.2, 0.25) is 0 Å². The van der Waals surface area contributed by atoms with Gasteiger partial charge in [0.15, 0.2) is 0 Å². The summed E-state index contributed by atoms with van der Waals surface area (Å²) in [6.45, 7) is 4.75. The molecule has 11 aromatic rings. The van der Waals surface area contributed by atoms with Gasteiger partial charge in [0.25, 0.3) is 0 Å². The van der Waals surface area contributed by atoms with Crippen molar-refractivity contribution in [3.8, 4) is 55.6 Å². The van der Waals surface area contributed by atoms with Crippen LogP contribution in [0.25, 0.3) is 86.6 Å². The van der Waals surface area contributed by atoms with E-state index in [0.717, 1.165) is 17.1 Å². The van der Waals surface area contributed by atoms with Crippen LogP contribution in [0.15, 0.2) is 224 Å². The van der Waals surface area contributed by atoms with E-state index in [-0.39, 0.29) is 5.41 Å². The number of hydrogen-bond donors (Lipinski definition) is 0. The van der Waals surface area contributed by atoms with Gasteiger partial charge in [0.05, 0.1) is 0 Å². The molecule has 0 spiro atoms. The van der Waals surface area contributed by atoms with Crippen molar-refractivity contribution in [2.45, 2.75) is 19.3 Å². The predicted octanol–water partition coefficient (Wildman–Crippen LogP) is 17.7. The van der Waals surface area contributed by atoms with Gasteiger partial charge < -0.3 is 4.90 Å².